The van der Waals surface area contributed by atoms with Gasteiger partial charge >= 0.3 is 0 Å². The molecule has 146 valence electrons. The second-order valence-electron chi connectivity index (χ2n) is 6.58. The number of amides is 1. The van der Waals surface area contributed by atoms with E-state index in [1.54, 1.807) is 11.9 Å². The van der Waals surface area contributed by atoms with Gasteiger partial charge in [0.15, 0.2) is 17.5 Å². The molecule has 2 aromatic carbocycles. The van der Waals surface area contributed by atoms with Gasteiger partial charge in [0.25, 0.3) is 0 Å². The highest BCUT2D eigenvalue weighted by molar-refractivity contribution is 6.30. The maximum absolute atomic E-state index is 13.7. The summed E-state index contributed by atoms with van der Waals surface area (Å²) < 4.78 is 39.9. The molecule has 0 aliphatic heterocycles. The zero-order valence-corrected chi connectivity index (χ0v) is 15.9. The van der Waals surface area contributed by atoms with E-state index in [1.165, 1.54) is 0 Å². The molecule has 1 N–H and O–H groups in total. The fourth-order valence-electron chi connectivity index (χ4n) is 2.81. The van der Waals surface area contributed by atoms with Crippen LogP contribution < -0.4 is 5.32 Å². The molecule has 0 saturated carbocycles. The first-order valence-electron chi connectivity index (χ1n) is 8.42. The van der Waals surface area contributed by atoms with Crippen molar-refractivity contribution in [3.63, 3.8) is 0 Å². The topological polar surface area (TPSA) is 45.2 Å². The number of pyridine rings is 1. The summed E-state index contributed by atoms with van der Waals surface area (Å²) in [6.07, 6.45) is 0. The van der Waals surface area contributed by atoms with Gasteiger partial charge in [0.2, 0.25) is 5.91 Å². The number of carbonyl (C=O) groups excluding carboxylic acids is 1. The average Bonchev–Trinajstić information content (AvgIpc) is 2.63. The fourth-order valence-corrected chi connectivity index (χ4v) is 3.02. The molecular formula is C20H17ClF3N3O. The van der Waals surface area contributed by atoms with Crippen molar-refractivity contribution >= 4 is 34.1 Å². The molecule has 0 saturated heterocycles. The largest absolute Gasteiger partial charge is 0.322 e. The van der Waals surface area contributed by atoms with Crippen LogP contribution in [-0.4, -0.2) is 29.4 Å². The molecule has 1 aromatic heterocycles. The van der Waals surface area contributed by atoms with E-state index in [1.807, 2.05) is 31.2 Å². The Morgan fingerprint density at radius 3 is 2.64 bits per heavy atom. The van der Waals surface area contributed by atoms with Crippen molar-refractivity contribution in [2.75, 3.05) is 18.9 Å². The van der Waals surface area contributed by atoms with Crippen molar-refractivity contribution in [2.24, 2.45) is 0 Å². The number of aryl methyl sites for hydroxylation is 1. The lowest BCUT2D eigenvalue weighted by molar-refractivity contribution is -0.117. The molecule has 8 heteroatoms. The molecule has 0 fully saturated rings. The first kappa shape index (κ1) is 20.1. The van der Waals surface area contributed by atoms with Crippen molar-refractivity contribution in [2.45, 2.75) is 13.5 Å². The quantitative estimate of drug-likeness (QED) is 0.493. The minimum Gasteiger partial charge on any atom is -0.322 e. The Morgan fingerprint density at radius 1 is 1.14 bits per heavy atom. The van der Waals surface area contributed by atoms with E-state index in [0.29, 0.717) is 11.7 Å². The van der Waals surface area contributed by atoms with E-state index in [2.05, 4.69) is 10.3 Å². The highest BCUT2D eigenvalue weighted by Gasteiger charge is 2.16. The maximum Gasteiger partial charge on any atom is 0.238 e. The molecule has 0 atom stereocenters. The van der Waals surface area contributed by atoms with E-state index in [9.17, 15) is 18.0 Å². The van der Waals surface area contributed by atoms with Crippen LogP contribution in [0.25, 0.3) is 10.9 Å². The molecule has 28 heavy (non-hydrogen) atoms. The van der Waals surface area contributed by atoms with Crippen LogP contribution in [0.15, 0.2) is 36.4 Å². The molecule has 0 radical (unpaired) electrons. The van der Waals surface area contributed by atoms with Crippen molar-refractivity contribution in [1.29, 1.82) is 0 Å². The lowest BCUT2D eigenvalue weighted by atomic mass is 10.1. The van der Waals surface area contributed by atoms with Gasteiger partial charge in [0.05, 0.1) is 17.7 Å². The van der Waals surface area contributed by atoms with Gasteiger partial charge in [-0.05, 0) is 43.8 Å². The van der Waals surface area contributed by atoms with E-state index >= 15 is 0 Å². The zero-order chi connectivity index (χ0) is 20.4. The standard InChI is InChI=1S/C20H17ClF3N3O/c1-11-3-4-12-8-13(20(21)26-16(12)7-11)9-27(2)10-17(28)25-15-6-5-14(22)18(23)19(15)24/h3-8H,9-10H2,1-2H3,(H,25,28). The predicted molar refractivity (Wildman–Crippen MR) is 103 cm³/mol. The van der Waals surface area contributed by atoms with Crippen molar-refractivity contribution in [1.82, 2.24) is 9.88 Å². The molecule has 4 nitrogen and oxygen atoms in total. The Balaban J connectivity index is 1.68. The lowest BCUT2D eigenvalue weighted by Gasteiger charge is -2.17. The number of aromatic nitrogens is 1. The number of fused-ring (bicyclic) bond motifs is 1. The average molecular weight is 408 g/mol. The number of hydrogen-bond donors (Lipinski definition) is 1. The van der Waals surface area contributed by atoms with Crippen LogP contribution in [-0.2, 0) is 11.3 Å². The Kier molecular flexibility index (Phi) is 5.86. The molecule has 3 aromatic rings. The predicted octanol–water partition coefficient (Wildman–Crippen LogP) is 4.68. The normalized spacial score (nSPS) is 11.2. The smallest absolute Gasteiger partial charge is 0.238 e. The molecule has 1 amide bonds. The highest BCUT2D eigenvalue weighted by Crippen LogP contribution is 2.23. The molecule has 0 aliphatic rings. The number of nitrogens with one attached hydrogen (secondary N) is 1. The molecule has 0 bridgehead atoms. The third kappa shape index (κ3) is 4.43. The summed E-state index contributed by atoms with van der Waals surface area (Å²) >= 11 is 6.25. The van der Waals surface area contributed by atoms with Gasteiger partial charge in [-0.1, -0.05) is 23.7 Å². The van der Waals surface area contributed by atoms with Crippen LogP contribution >= 0.6 is 11.6 Å². The summed E-state index contributed by atoms with van der Waals surface area (Å²) in [6.45, 7) is 2.18. The molecule has 1 heterocycles. The van der Waals surface area contributed by atoms with E-state index in [4.69, 9.17) is 11.6 Å². The number of carbonyl (C=O) groups is 1. The van der Waals surface area contributed by atoms with Crippen LogP contribution in [0, 0.1) is 24.4 Å². The lowest BCUT2D eigenvalue weighted by Crippen LogP contribution is -2.30. The summed E-state index contributed by atoms with van der Waals surface area (Å²) in [5, 5.41) is 3.49. The molecule has 3 rings (SSSR count). The number of benzene rings is 2. The van der Waals surface area contributed by atoms with Gasteiger partial charge in [-0.15, -0.1) is 0 Å². The molecule has 0 spiro atoms. The first-order valence-corrected chi connectivity index (χ1v) is 8.80. The van der Waals surface area contributed by atoms with Gasteiger partial charge in [0, 0.05) is 17.5 Å². The third-order valence-corrected chi connectivity index (χ3v) is 4.49. The van der Waals surface area contributed by atoms with Gasteiger partial charge < -0.3 is 5.32 Å². The van der Waals surface area contributed by atoms with Crippen molar-refractivity contribution in [3.8, 4) is 0 Å². The maximum atomic E-state index is 13.7. The summed E-state index contributed by atoms with van der Waals surface area (Å²) in [5.41, 5.74) is 2.16. The SMILES string of the molecule is Cc1ccc2cc(CN(C)CC(=O)Nc3ccc(F)c(F)c3F)c(Cl)nc2c1. The van der Waals surface area contributed by atoms with Gasteiger partial charge in [-0.2, -0.15) is 0 Å². The summed E-state index contributed by atoms with van der Waals surface area (Å²) in [5.74, 6) is -4.96. The van der Waals surface area contributed by atoms with Crippen LogP contribution in [0.2, 0.25) is 5.15 Å². The number of anilines is 1. The minimum absolute atomic E-state index is 0.110. The van der Waals surface area contributed by atoms with E-state index in [-0.39, 0.29) is 6.54 Å². The summed E-state index contributed by atoms with van der Waals surface area (Å²) in [4.78, 5) is 18.1. The monoisotopic (exact) mass is 407 g/mol. The number of hydrogen-bond acceptors (Lipinski definition) is 3. The number of rotatable bonds is 5. The second kappa shape index (κ2) is 8.16. The Morgan fingerprint density at radius 2 is 1.89 bits per heavy atom. The Hall–Kier alpha value is -2.64. The van der Waals surface area contributed by atoms with E-state index in [0.717, 1.165) is 34.2 Å². The number of halogens is 4. The molecule has 0 unspecified atom stereocenters. The summed E-state index contributed by atoms with van der Waals surface area (Å²) in [6, 6.07) is 9.45. The number of likely N-dealkylation sites (N-methyl/N-ethyl adjacent to an activating group) is 1. The minimum atomic E-state index is -1.63. The van der Waals surface area contributed by atoms with E-state index < -0.39 is 29.0 Å². The molecular weight excluding hydrogens is 391 g/mol. The zero-order valence-electron chi connectivity index (χ0n) is 15.2. The first-order chi connectivity index (χ1) is 13.2. The molecule has 0 aliphatic carbocycles. The van der Waals surface area contributed by atoms with Crippen LogP contribution in [0.1, 0.15) is 11.1 Å². The van der Waals surface area contributed by atoms with Gasteiger partial charge in [-0.3, -0.25) is 9.69 Å². The second-order valence-corrected chi connectivity index (χ2v) is 6.94. The Bertz CT molecular complexity index is 1060. The third-order valence-electron chi connectivity index (χ3n) is 4.16. The summed E-state index contributed by atoms with van der Waals surface area (Å²) in [7, 11) is 1.68. The highest BCUT2D eigenvalue weighted by atomic mass is 35.5. The fraction of sp³-hybridized carbons (Fsp3) is 0.200. The van der Waals surface area contributed by atoms with Gasteiger partial charge in [0.1, 0.15) is 5.15 Å². The number of nitrogens with zero attached hydrogens (tertiary/aromatic N) is 2. The van der Waals surface area contributed by atoms with Crippen molar-refractivity contribution in [3.05, 3.63) is 70.1 Å². The van der Waals surface area contributed by atoms with Crippen LogP contribution in [0.4, 0.5) is 18.9 Å². The van der Waals surface area contributed by atoms with Crippen LogP contribution in [0.5, 0.6) is 0 Å². The van der Waals surface area contributed by atoms with Crippen LogP contribution in [0.3, 0.4) is 0 Å². The van der Waals surface area contributed by atoms with Gasteiger partial charge in [-0.25, -0.2) is 18.2 Å². The van der Waals surface area contributed by atoms with Crippen molar-refractivity contribution < 1.29 is 18.0 Å². The Labute approximate surface area is 164 Å².